The fourth-order valence-electron chi connectivity index (χ4n) is 1.94. The fourth-order valence-corrected chi connectivity index (χ4v) is 2.27. The fraction of sp³-hybridized carbons (Fsp3) is 0.250. The SMILES string of the molecule is Cc1ccc([C@H](C)N)c(OCc2ccc(Br)cc2F)c1. The van der Waals surface area contributed by atoms with Crippen molar-refractivity contribution in [2.75, 3.05) is 0 Å². The Morgan fingerprint density at radius 3 is 2.65 bits per heavy atom. The van der Waals surface area contributed by atoms with Gasteiger partial charge in [0.2, 0.25) is 0 Å². The maximum Gasteiger partial charge on any atom is 0.130 e. The van der Waals surface area contributed by atoms with Crippen LogP contribution < -0.4 is 10.5 Å². The van der Waals surface area contributed by atoms with Gasteiger partial charge in [0.1, 0.15) is 18.2 Å². The van der Waals surface area contributed by atoms with Crippen LogP contribution in [0.1, 0.15) is 29.7 Å². The minimum absolute atomic E-state index is 0.125. The first-order chi connectivity index (χ1) is 9.47. The molecule has 0 spiro atoms. The van der Waals surface area contributed by atoms with Gasteiger partial charge in [0.25, 0.3) is 0 Å². The third-order valence-corrected chi connectivity index (χ3v) is 3.55. The second-order valence-corrected chi connectivity index (χ2v) is 5.77. The molecule has 0 saturated heterocycles. The lowest BCUT2D eigenvalue weighted by molar-refractivity contribution is 0.295. The lowest BCUT2D eigenvalue weighted by Crippen LogP contribution is -2.08. The highest BCUT2D eigenvalue weighted by Gasteiger charge is 2.10. The molecular weight excluding hydrogens is 321 g/mol. The first-order valence-electron chi connectivity index (χ1n) is 6.40. The van der Waals surface area contributed by atoms with Crippen LogP contribution >= 0.6 is 15.9 Å². The zero-order chi connectivity index (χ0) is 14.7. The van der Waals surface area contributed by atoms with Gasteiger partial charge in [-0.05, 0) is 37.6 Å². The summed E-state index contributed by atoms with van der Waals surface area (Å²) in [6.07, 6.45) is 0. The maximum atomic E-state index is 13.8. The van der Waals surface area contributed by atoms with E-state index in [9.17, 15) is 4.39 Å². The van der Waals surface area contributed by atoms with E-state index in [1.54, 1.807) is 12.1 Å². The van der Waals surface area contributed by atoms with E-state index >= 15 is 0 Å². The molecule has 1 atom stereocenters. The van der Waals surface area contributed by atoms with Crippen molar-refractivity contribution < 1.29 is 9.13 Å². The van der Waals surface area contributed by atoms with Gasteiger partial charge in [0, 0.05) is 21.6 Å². The summed E-state index contributed by atoms with van der Waals surface area (Å²) >= 11 is 3.24. The molecule has 0 aliphatic carbocycles. The van der Waals surface area contributed by atoms with Crippen LogP contribution in [-0.2, 0) is 6.61 Å². The Bertz CT molecular complexity index is 613. The number of aryl methyl sites for hydroxylation is 1. The molecule has 20 heavy (non-hydrogen) atoms. The van der Waals surface area contributed by atoms with Gasteiger partial charge in [-0.3, -0.25) is 0 Å². The highest BCUT2D eigenvalue weighted by atomic mass is 79.9. The Morgan fingerprint density at radius 2 is 2.00 bits per heavy atom. The number of rotatable bonds is 4. The molecule has 0 aliphatic rings. The number of halogens is 2. The molecule has 0 bridgehead atoms. The van der Waals surface area contributed by atoms with Crippen molar-refractivity contribution in [1.82, 2.24) is 0 Å². The Morgan fingerprint density at radius 1 is 1.25 bits per heavy atom. The first-order valence-corrected chi connectivity index (χ1v) is 7.19. The minimum Gasteiger partial charge on any atom is -0.488 e. The van der Waals surface area contributed by atoms with Crippen molar-refractivity contribution in [1.29, 1.82) is 0 Å². The molecule has 0 unspecified atom stereocenters. The minimum atomic E-state index is -0.283. The molecule has 2 nitrogen and oxygen atoms in total. The molecular formula is C16H17BrFNO. The summed E-state index contributed by atoms with van der Waals surface area (Å²) in [5.74, 6) is 0.427. The second-order valence-electron chi connectivity index (χ2n) is 4.85. The maximum absolute atomic E-state index is 13.8. The molecule has 2 aromatic carbocycles. The molecule has 0 aliphatic heterocycles. The zero-order valence-corrected chi connectivity index (χ0v) is 13.1. The summed E-state index contributed by atoms with van der Waals surface area (Å²) in [5.41, 5.74) is 8.45. The van der Waals surface area contributed by atoms with Gasteiger partial charge in [0.15, 0.2) is 0 Å². The largest absolute Gasteiger partial charge is 0.488 e. The number of nitrogens with two attached hydrogens (primary N) is 1. The third-order valence-electron chi connectivity index (χ3n) is 3.06. The predicted molar refractivity (Wildman–Crippen MR) is 82.2 cm³/mol. The van der Waals surface area contributed by atoms with Crippen molar-refractivity contribution in [3.63, 3.8) is 0 Å². The molecule has 0 aromatic heterocycles. The highest BCUT2D eigenvalue weighted by molar-refractivity contribution is 9.10. The Kier molecular flexibility index (Phi) is 4.78. The Balaban J connectivity index is 2.20. The van der Waals surface area contributed by atoms with Crippen LogP contribution in [0, 0.1) is 12.7 Å². The van der Waals surface area contributed by atoms with Gasteiger partial charge in [-0.25, -0.2) is 4.39 Å². The first kappa shape index (κ1) is 15.0. The summed E-state index contributed by atoms with van der Waals surface area (Å²) in [7, 11) is 0. The van der Waals surface area contributed by atoms with Gasteiger partial charge in [0.05, 0.1) is 0 Å². The number of benzene rings is 2. The van der Waals surface area contributed by atoms with Crippen molar-refractivity contribution in [2.45, 2.75) is 26.5 Å². The average Bonchev–Trinajstić information content (AvgIpc) is 2.37. The summed E-state index contributed by atoms with van der Waals surface area (Å²) in [5, 5.41) is 0. The lowest BCUT2D eigenvalue weighted by Gasteiger charge is -2.15. The van der Waals surface area contributed by atoms with E-state index in [4.69, 9.17) is 10.5 Å². The van der Waals surface area contributed by atoms with E-state index in [1.165, 1.54) is 6.07 Å². The smallest absolute Gasteiger partial charge is 0.130 e. The molecule has 2 N–H and O–H groups in total. The van der Waals surface area contributed by atoms with E-state index in [0.29, 0.717) is 15.8 Å². The molecule has 0 radical (unpaired) electrons. The summed E-state index contributed by atoms with van der Waals surface area (Å²) in [4.78, 5) is 0. The molecule has 4 heteroatoms. The molecule has 2 rings (SSSR count). The quantitative estimate of drug-likeness (QED) is 0.891. The molecule has 0 fully saturated rings. The van der Waals surface area contributed by atoms with Crippen LogP contribution in [0.4, 0.5) is 4.39 Å². The molecule has 0 saturated carbocycles. The zero-order valence-electron chi connectivity index (χ0n) is 11.5. The van der Waals surface area contributed by atoms with E-state index < -0.39 is 0 Å². The van der Waals surface area contributed by atoms with E-state index in [-0.39, 0.29) is 18.5 Å². The van der Waals surface area contributed by atoms with Crippen LogP contribution in [0.2, 0.25) is 0 Å². The van der Waals surface area contributed by atoms with Crippen LogP contribution in [0.3, 0.4) is 0 Å². The average molecular weight is 338 g/mol. The normalized spacial score (nSPS) is 12.2. The van der Waals surface area contributed by atoms with Gasteiger partial charge < -0.3 is 10.5 Å². The van der Waals surface area contributed by atoms with E-state index in [2.05, 4.69) is 15.9 Å². The van der Waals surface area contributed by atoms with Crippen LogP contribution in [0.5, 0.6) is 5.75 Å². The Labute approximate surface area is 126 Å². The monoisotopic (exact) mass is 337 g/mol. The summed E-state index contributed by atoms with van der Waals surface area (Å²) < 4.78 is 20.2. The second kappa shape index (κ2) is 6.37. The number of hydrogen-bond donors (Lipinski definition) is 1. The van der Waals surface area contributed by atoms with Crippen molar-refractivity contribution >= 4 is 15.9 Å². The molecule has 0 amide bonds. The van der Waals surface area contributed by atoms with Gasteiger partial charge in [-0.1, -0.05) is 34.1 Å². The lowest BCUT2D eigenvalue weighted by atomic mass is 10.1. The predicted octanol–water partition coefficient (Wildman–Crippen LogP) is 4.50. The number of ether oxygens (including phenoxy) is 1. The summed E-state index contributed by atoms with van der Waals surface area (Å²) in [6.45, 7) is 4.07. The van der Waals surface area contributed by atoms with E-state index in [0.717, 1.165) is 11.1 Å². The summed E-state index contributed by atoms with van der Waals surface area (Å²) in [6, 6.07) is 10.7. The van der Waals surface area contributed by atoms with Gasteiger partial charge in [-0.15, -0.1) is 0 Å². The molecule has 0 heterocycles. The third kappa shape index (κ3) is 3.58. The Hall–Kier alpha value is -1.39. The van der Waals surface area contributed by atoms with Crippen LogP contribution in [0.15, 0.2) is 40.9 Å². The molecule has 2 aromatic rings. The molecule has 106 valence electrons. The van der Waals surface area contributed by atoms with Crippen LogP contribution in [-0.4, -0.2) is 0 Å². The number of hydrogen-bond acceptors (Lipinski definition) is 2. The van der Waals surface area contributed by atoms with Crippen LogP contribution in [0.25, 0.3) is 0 Å². The topological polar surface area (TPSA) is 35.2 Å². The van der Waals surface area contributed by atoms with Gasteiger partial charge in [-0.2, -0.15) is 0 Å². The van der Waals surface area contributed by atoms with Crippen molar-refractivity contribution in [3.8, 4) is 5.75 Å². The standard InChI is InChI=1S/C16H17BrFNO/c1-10-3-6-14(11(2)19)16(7-10)20-9-12-4-5-13(17)8-15(12)18/h3-8,11H,9,19H2,1-2H3/t11-/m0/s1. The van der Waals surface area contributed by atoms with E-state index in [1.807, 2.05) is 32.0 Å². The van der Waals surface area contributed by atoms with Crippen molar-refractivity contribution in [2.24, 2.45) is 5.73 Å². The highest BCUT2D eigenvalue weighted by Crippen LogP contribution is 2.26. The van der Waals surface area contributed by atoms with Gasteiger partial charge >= 0.3 is 0 Å². The van der Waals surface area contributed by atoms with Crippen molar-refractivity contribution in [3.05, 3.63) is 63.4 Å².